The molecule has 0 fully saturated rings. The van der Waals surface area contributed by atoms with E-state index in [2.05, 4.69) is 37.5 Å². The average molecular weight is 323 g/mol. The molecular weight excluding hydrogens is 303 g/mol. The summed E-state index contributed by atoms with van der Waals surface area (Å²) in [6, 6.07) is 12.2. The highest BCUT2D eigenvalue weighted by molar-refractivity contribution is 6.36. The van der Waals surface area contributed by atoms with Gasteiger partial charge in [-0.2, -0.15) is 0 Å². The van der Waals surface area contributed by atoms with Gasteiger partial charge in [0.05, 0.1) is 0 Å². The Bertz CT molecular complexity index is 586. The molecule has 0 radical (unpaired) electrons. The van der Waals surface area contributed by atoms with Crippen LogP contribution in [0.15, 0.2) is 36.4 Å². The SMILES string of the molecule is Cc1cc(C)cc(CC(Cc2c(Cl)cccc2Cl)NN)c1. The second kappa shape index (κ2) is 7.28. The van der Waals surface area contributed by atoms with E-state index in [9.17, 15) is 0 Å². The molecule has 3 N–H and O–H groups in total. The summed E-state index contributed by atoms with van der Waals surface area (Å²) in [5.74, 6) is 5.71. The lowest BCUT2D eigenvalue weighted by Gasteiger charge is -2.18. The van der Waals surface area contributed by atoms with E-state index in [0.717, 1.165) is 12.0 Å². The quantitative estimate of drug-likeness (QED) is 0.638. The number of nitrogens with one attached hydrogen (secondary N) is 1. The summed E-state index contributed by atoms with van der Waals surface area (Å²) in [5.41, 5.74) is 7.60. The molecule has 2 aromatic carbocycles. The molecule has 2 aromatic rings. The highest BCUT2D eigenvalue weighted by atomic mass is 35.5. The van der Waals surface area contributed by atoms with Gasteiger partial charge >= 0.3 is 0 Å². The zero-order valence-corrected chi connectivity index (χ0v) is 13.8. The molecule has 1 atom stereocenters. The van der Waals surface area contributed by atoms with Crippen LogP contribution in [-0.2, 0) is 12.8 Å². The molecule has 0 heterocycles. The number of aryl methyl sites for hydroxylation is 2. The number of rotatable bonds is 5. The fraction of sp³-hybridized carbons (Fsp3) is 0.294. The standard InChI is InChI=1S/C17H20Cl2N2/c1-11-6-12(2)8-13(7-11)9-14(21-20)10-15-16(18)4-3-5-17(15)19/h3-8,14,21H,9-10,20H2,1-2H3. The van der Waals surface area contributed by atoms with Gasteiger partial charge < -0.3 is 0 Å². The fourth-order valence-corrected chi connectivity index (χ4v) is 3.19. The summed E-state index contributed by atoms with van der Waals surface area (Å²) in [6.45, 7) is 4.21. The molecule has 2 rings (SSSR count). The Balaban J connectivity index is 2.17. The Morgan fingerprint density at radius 1 is 1.00 bits per heavy atom. The molecule has 0 aromatic heterocycles. The van der Waals surface area contributed by atoms with Crippen LogP contribution in [0.2, 0.25) is 10.0 Å². The fourth-order valence-electron chi connectivity index (χ4n) is 2.64. The molecule has 0 aliphatic rings. The van der Waals surface area contributed by atoms with Crippen LogP contribution in [0.25, 0.3) is 0 Å². The topological polar surface area (TPSA) is 38.0 Å². The minimum atomic E-state index is 0.0867. The van der Waals surface area contributed by atoms with Gasteiger partial charge in [-0.25, -0.2) is 0 Å². The number of hydrogen-bond acceptors (Lipinski definition) is 2. The smallest absolute Gasteiger partial charge is 0.0453 e. The van der Waals surface area contributed by atoms with Crippen LogP contribution in [0.4, 0.5) is 0 Å². The molecule has 112 valence electrons. The van der Waals surface area contributed by atoms with Crippen LogP contribution in [0, 0.1) is 13.8 Å². The minimum Gasteiger partial charge on any atom is -0.271 e. The van der Waals surface area contributed by atoms with Gasteiger partial charge in [0.1, 0.15) is 0 Å². The summed E-state index contributed by atoms with van der Waals surface area (Å²) in [6.07, 6.45) is 1.53. The van der Waals surface area contributed by atoms with Crippen LogP contribution in [-0.4, -0.2) is 6.04 Å². The van der Waals surface area contributed by atoms with E-state index in [-0.39, 0.29) is 6.04 Å². The van der Waals surface area contributed by atoms with Crippen LogP contribution in [0.5, 0.6) is 0 Å². The van der Waals surface area contributed by atoms with Crippen LogP contribution < -0.4 is 11.3 Å². The lowest BCUT2D eigenvalue weighted by Crippen LogP contribution is -2.38. The van der Waals surface area contributed by atoms with Gasteiger partial charge in [0.15, 0.2) is 0 Å². The number of hydrogen-bond donors (Lipinski definition) is 2. The van der Waals surface area contributed by atoms with E-state index in [4.69, 9.17) is 29.0 Å². The summed E-state index contributed by atoms with van der Waals surface area (Å²) in [7, 11) is 0. The lowest BCUT2D eigenvalue weighted by atomic mass is 9.97. The molecule has 0 spiro atoms. The molecule has 2 nitrogen and oxygen atoms in total. The molecule has 0 saturated heterocycles. The van der Waals surface area contributed by atoms with Crippen molar-refractivity contribution in [1.82, 2.24) is 5.43 Å². The Kier molecular flexibility index (Phi) is 5.65. The van der Waals surface area contributed by atoms with Crippen molar-refractivity contribution in [2.75, 3.05) is 0 Å². The average Bonchev–Trinajstić information content (AvgIpc) is 2.40. The first kappa shape index (κ1) is 16.3. The van der Waals surface area contributed by atoms with Crippen LogP contribution in [0.3, 0.4) is 0 Å². The largest absolute Gasteiger partial charge is 0.271 e. The first-order chi connectivity index (χ1) is 9.99. The van der Waals surface area contributed by atoms with Crippen molar-refractivity contribution in [3.8, 4) is 0 Å². The van der Waals surface area contributed by atoms with E-state index in [0.29, 0.717) is 16.5 Å². The first-order valence-corrected chi connectivity index (χ1v) is 7.71. The number of halogens is 2. The second-order valence-corrected chi connectivity index (χ2v) is 6.28. The third-order valence-corrected chi connectivity index (χ3v) is 4.22. The Hall–Kier alpha value is -1.06. The predicted octanol–water partition coefficient (Wildman–Crippen LogP) is 4.23. The molecule has 4 heteroatoms. The van der Waals surface area contributed by atoms with Crippen molar-refractivity contribution in [1.29, 1.82) is 0 Å². The maximum Gasteiger partial charge on any atom is 0.0453 e. The highest BCUT2D eigenvalue weighted by Gasteiger charge is 2.14. The van der Waals surface area contributed by atoms with E-state index in [1.54, 1.807) is 0 Å². The van der Waals surface area contributed by atoms with Gasteiger partial charge in [0.2, 0.25) is 0 Å². The zero-order chi connectivity index (χ0) is 15.4. The van der Waals surface area contributed by atoms with Crippen LogP contribution in [0.1, 0.15) is 22.3 Å². The summed E-state index contributed by atoms with van der Waals surface area (Å²) in [4.78, 5) is 0. The van der Waals surface area contributed by atoms with Gasteiger partial charge in [-0.3, -0.25) is 11.3 Å². The number of benzene rings is 2. The van der Waals surface area contributed by atoms with Gasteiger partial charge in [0, 0.05) is 16.1 Å². The van der Waals surface area contributed by atoms with Crippen molar-refractivity contribution >= 4 is 23.2 Å². The van der Waals surface area contributed by atoms with Gasteiger partial charge in [-0.1, -0.05) is 58.6 Å². The molecule has 1 unspecified atom stereocenters. The maximum absolute atomic E-state index is 6.23. The van der Waals surface area contributed by atoms with E-state index in [1.165, 1.54) is 16.7 Å². The molecular formula is C17H20Cl2N2. The second-order valence-electron chi connectivity index (χ2n) is 5.47. The Morgan fingerprint density at radius 3 is 2.10 bits per heavy atom. The van der Waals surface area contributed by atoms with E-state index >= 15 is 0 Å². The maximum atomic E-state index is 6.23. The van der Waals surface area contributed by atoms with Crippen molar-refractivity contribution in [2.24, 2.45) is 5.84 Å². The monoisotopic (exact) mass is 322 g/mol. The van der Waals surface area contributed by atoms with Gasteiger partial charge in [-0.15, -0.1) is 0 Å². The molecule has 0 amide bonds. The normalized spacial score (nSPS) is 12.4. The number of nitrogens with two attached hydrogens (primary N) is 1. The summed E-state index contributed by atoms with van der Waals surface area (Å²) >= 11 is 12.5. The Morgan fingerprint density at radius 2 is 1.57 bits per heavy atom. The molecule has 0 saturated carbocycles. The van der Waals surface area contributed by atoms with Gasteiger partial charge in [-0.05, 0) is 49.9 Å². The third kappa shape index (κ3) is 4.45. The third-order valence-electron chi connectivity index (χ3n) is 3.51. The van der Waals surface area contributed by atoms with Crippen molar-refractivity contribution in [2.45, 2.75) is 32.7 Å². The molecule has 0 aliphatic heterocycles. The molecule has 0 aliphatic carbocycles. The van der Waals surface area contributed by atoms with Crippen molar-refractivity contribution < 1.29 is 0 Å². The predicted molar refractivity (Wildman–Crippen MR) is 90.9 cm³/mol. The first-order valence-electron chi connectivity index (χ1n) is 6.95. The molecule has 0 bridgehead atoms. The molecule has 21 heavy (non-hydrogen) atoms. The van der Waals surface area contributed by atoms with Crippen molar-refractivity contribution in [3.05, 3.63) is 68.7 Å². The van der Waals surface area contributed by atoms with Crippen molar-refractivity contribution in [3.63, 3.8) is 0 Å². The minimum absolute atomic E-state index is 0.0867. The van der Waals surface area contributed by atoms with Gasteiger partial charge in [0.25, 0.3) is 0 Å². The van der Waals surface area contributed by atoms with Crippen LogP contribution >= 0.6 is 23.2 Å². The Labute approximate surface area is 136 Å². The lowest BCUT2D eigenvalue weighted by molar-refractivity contribution is 0.522. The van der Waals surface area contributed by atoms with E-state index < -0.39 is 0 Å². The van der Waals surface area contributed by atoms with E-state index in [1.807, 2.05) is 18.2 Å². The number of hydrazine groups is 1. The summed E-state index contributed by atoms with van der Waals surface area (Å²) in [5, 5.41) is 1.37. The highest BCUT2D eigenvalue weighted by Crippen LogP contribution is 2.26. The summed E-state index contributed by atoms with van der Waals surface area (Å²) < 4.78 is 0. The zero-order valence-electron chi connectivity index (χ0n) is 12.3.